The molecule has 1 aromatic heterocycles. The minimum atomic E-state index is -0.891. The van der Waals surface area contributed by atoms with Crippen molar-refractivity contribution in [3.63, 3.8) is 0 Å². The van der Waals surface area contributed by atoms with Crippen molar-refractivity contribution in [3.8, 4) is 0 Å². The third-order valence-electron chi connectivity index (χ3n) is 5.17. The van der Waals surface area contributed by atoms with Gasteiger partial charge in [0, 0.05) is 22.5 Å². The van der Waals surface area contributed by atoms with Gasteiger partial charge in [-0.3, -0.25) is 9.59 Å². The summed E-state index contributed by atoms with van der Waals surface area (Å²) in [7, 11) is 0. The van der Waals surface area contributed by atoms with Gasteiger partial charge >= 0.3 is 5.97 Å². The number of fused-ring (bicyclic) bond motifs is 3. The van der Waals surface area contributed by atoms with Gasteiger partial charge in [0.1, 0.15) is 12.4 Å². The second kappa shape index (κ2) is 6.87. The molecule has 1 heterocycles. The number of nitrogens with one attached hydrogen (secondary N) is 1. The van der Waals surface area contributed by atoms with Crippen molar-refractivity contribution >= 4 is 28.5 Å². The molecular weight excluding hydrogens is 347 g/mol. The first kappa shape index (κ1) is 17.3. The molecule has 0 spiro atoms. The SMILES string of the molecule is O=C(O)Cn1c2c(c3ccccc31)CC(C(=O)Nc1ccccc1F)CC2. The number of para-hydroxylation sites is 2. The average Bonchev–Trinajstić information content (AvgIpc) is 2.97. The van der Waals surface area contributed by atoms with Crippen molar-refractivity contribution in [3.05, 3.63) is 65.6 Å². The summed E-state index contributed by atoms with van der Waals surface area (Å²) in [5.74, 6) is -1.83. The summed E-state index contributed by atoms with van der Waals surface area (Å²) in [5, 5.41) is 12.9. The predicted octanol–water partition coefficient (Wildman–Crippen LogP) is 3.61. The molecule has 3 aromatic rings. The monoisotopic (exact) mass is 366 g/mol. The number of hydrogen-bond donors (Lipinski definition) is 2. The van der Waals surface area contributed by atoms with E-state index in [-0.39, 0.29) is 24.1 Å². The van der Waals surface area contributed by atoms with Crippen molar-refractivity contribution in [1.29, 1.82) is 0 Å². The number of benzene rings is 2. The molecule has 1 amide bonds. The number of rotatable bonds is 4. The van der Waals surface area contributed by atoms with Crippen LogP contribution in [0.4, 0.5) is 10.1 Å². The molecule has 0 saturated carbocycles. The number of anilines is 1. The van der Waals surface area contributed by atoms with Gasteiger partial charge in [0.2, 0.25) is 5.91 Å². The molecule has 27 heavy (non-hydrogen) atoms. The number of carboxylic acids is 1. The van der Waals surface area contributed by atoms with Gasteiger partial charge in [-0.05, 0) is 43.0 Å². The summed E-state index contributed by atoms with van der Waals surface area (Å²) in [6, 6.07) is 13.8. The van der Waals surface area contributed by atoms with E-state index in [0.717, 1.165) is 22.2 Å². The van der Waals surface area contributed by atoms with Crippen LogP contribution < -0.4 is 5.32 Å². The number of amides is 1. The molecule has 0 fully saturated rings. The molecule has 138 valence electrons. The maximum Gasteiger partial charge on any atom is 0.323 e. The van der Waals surface area contributed by atoms with E-state index >= 15 is 0 Å². The molecule has 1 aliphatic carbocycles. The quantitative estimate of drug-likeness (QED) is 0.741. The Hall–Kier alpha value is -3.15. The summed E-state index contributed by atoms with van der Waals surface area (Å²) in [6.45, 7) is -0.0953. The average molecular weight is 366 g/mol. The van der Waals surface area contributed by atoms with E-state index in [1.807, 2.05) is 28.8 Å². The van der Waals surface area contributed by atoms with Crippen LogP contribution in [-0.4, -0.2) is 21.6 Å². The van der Waals surface area contributed by atoms with Gasteiger partial charge in [0.15, 0.2) is 0 Å². The second-order valence-corrected chi connectivity index (χ2v) is 6.83. The molecule has 0 aliphatic heterocycles. The number of carbonyl (C=O) groups excluding carboxylic acids is 1. The highest BCUT2D eigenvalue weighted by atomic mass is 19.1. The Morgan fingerprint density at radius 3 is 2.67 bits per heavy atom. The van der Waals surface area contributed by atoms with E-state index in [2.05, 4.69) is 5.32 Å². The van der Waals surface area contributed by atoms with Gasteiger partial charge in [0.25, 0.3) is 0 Å². The van der Waals surface area contributed by atoms with E-state index in [1.165, 1.54) is 6.07 Å². The Morgan fingerprint density at radius 2 is 1.89 bits per heavy atom. The number of hydrogen-bond acceptors (Lipinski definition) is 2. The first-order chi connectivity index (χ1) is 13.0. The van der Waals surface area contributed by atoms with Gasteiger partial charge in [0.05, 0.1) is 5.69 Å². The van der Waals surface area contributed by atoms with Crippen LogP contribution in [0.25, 0.3) is 10.9 Å². The number of carboxylic acid groups (broad SMARTS) is 1. The molecule has 1 aliphatic rings. The first-order valence-corrected chi connectivity index (χ1v) is 8.90. The van der Waals surface area contributed by atoms with Crippen LogP contribution in [0.2, 0.25) is 0 Å². The van der Waals surface area contributed by atoms with Crippen LogP contribution in [0.5, 0.6) is 0 Å². The third-order valence-corrected chi connectivity index (χ3v) is 5.17. The molecule has 1 atom stereocenters. The molecule has 5 nitrogen and oxygen atoms in total. The van der Waals surface area contributed by atoms with Gasteiger partial charge in [-0.25, -0.2) is 4.39 Å². The van der Waals surface area contributed by atoms with Gasteiger partial charge < -0.3 is 15.0 Å². The highest BCUT2D eigenvalue weighted by molar-refractivity contribution is 5.94. The summed E-state index contributed by atoms with van der Waals surface area (Å²) < 4.78 is 15.6. The van der Waals surface area contributed by atoms with Gasteiger partial charge in [-0.15, -0.1) is 0 Å². The Bertz CT molecular complexity index is 1040. The molecule has 1 unspecified atom stereocenters. The van der Waals surface area contributed by atoms with Crippen molar-refractivity contribution in [2.45, 2.75) is 25.8 Å². The molecule has 2 N–H and O–H groups in total. The zero-order valence-corrected chi connectivity index (χ0v) is 14.6. The smallest absolute Gasteiger partial charge is 0.323 e. The van der Waals surface area contributed by atoms with Crippen molar-refractivity contribution < 1.29 is 19.1 Å². The fourth-order valence-electron chi connectivity index (χ4n) is 3.94. The fourth-order valence-corrected chi connectivity index (χ4v) is 3.94. The van der Waals surface area contributed by atoms with E-state index in [9.17, 15) is 19.1 Å². The summed E-state index contributed by atoms with van der Waals surface area (Å²) in [4.78, 5) is 24.0. The number of halogens is 1. The zero-order chi connectivity index (χ0) is 19.0. The molecule has 6 heteroatoms. The highest BCUT2D eigenvalue weighted by Crippen LogP contribution is 2.35. The van der Waals surface area contributed by atoms with E-state index in [4.69, 9.17) is 0 Å². The van der Waals surface area contributed by atoms with Crippen LogP contribution in [0.1, 0.15) is 17.7 Å². The highest BCUT2D eigenvalue weighted by Gasteiger charge is 2.30. The molecular formula is C21H19FN2O3. The van der Waals surface area contributed by atoms with Crippen LogP contribution in [0, 0.1) is 11.7 Å². The Labute approximate surface area is 155 Å². The number of nitrogens with zero attached hydrogens (tertiary/aromatic N) is 1. The molecule has 0 bridgehead atoms. The largest absolute Gasteiger partial charge is 0.480 e. The van der Waals surface area contributed by atoms with Crippen molar-refractivity contribution in [1.82, 2.24) is 4.57 Å². The molecule has 0 saturated heterocycles. The minimum absolute atomic E-state index is 0.0953. The van der Waals surface area contributed by atoms with Gasteiger partial charge in [-0.1, -0.05) is 30.3 Å². The Balaban J connectivity index is 1.64. The lowest BCUT2D eigenvalue weighted by Gasteiger charge is -2.23. The summed E-state index contributed by atoms with van der Waals surface area (Å²) in [5.41, 5.74) is 3.06. The van der Waals surface area contributed by atoms with Crippen LogP contribution in [0.15, 0.2) is 48.5 Å². The summed E-state index contributed by atoms with van der Waals surface area (Å²) >= 11 is 0. The fraction of sp³-hybridized carbons (Fsp3) is 0.238. The zero-order valence-electron chi connectivity index (χ0n) is 14.6. The van der Waals surface area contributed by atoms with E-state index in [0.29, 0.717) is 19.3 Å². The third kappa shape index (κ3) is 3.18. The lowest BCUT2D eigenvalue weighted by Crippen LogP contribution is -2.29. The van der Waals surface area contributed by atoms with Gasteiger partial charge in [-0.2, -0.15) is 0 Å². The van der Waals surface area contributed by atoms with Crippen molar-refractivity contribution in [2.24, 2.45) is 5.92 Å². The van der Waals surface area contributed by atoms with E-state index < -0.39 is 11.8 Å². The topological polar surface area (TPSA) is 71.3 Å². The van der Waals surface area contributed by atoms with Crippen LogP contribution in [0.3, 0.4) is 0 Å². The normalized spacial score (nSPS) is 16.1. The number of aliphatic carboxylic acids is 1. The number of aromatic nitrogens is 1. The molecule has 4 rings (SSSR count). The molecule has 0 radical (unpaired) electrons. The molecule has 2 aromatic carbocycles. The first-order valence-electron chi connectivity index (χ1n) is 8.90. The van der Waals surface area contributed by atoms with E-state index in [1.54, 1.807) is 18.2 Å². The maximum atomic E-state index is 13.8. The van der Waals surface area contributed by atoms with Crippen LogP contribution >= 0.6 is 0 Å². The Morgan fingerprint density at radius 1 is 1.15 bits per heavy atom. The standard InChI is InChI=1S/C21H19FN2O3/c22-16-6-2-3-7-17(16)23-21(27)13-9-10-19-15(11-13)14-5-1-4-8-18(14)24(19)12-20(25)26/h1-8,13H,9-12H2,(H,23,27)(H,25,26). The van der Waals surface area contributed by atoms with Crippen molar-refractivity contribution in [2.75, 3.05) is 5.32 Å². The lowest BCUT2D eigenvalue weighted by atomic mass is 9.85. The lowest BCUT2D eigenvalue weighted by molar-refractivity contribution is -0.137. The number of carbonyl (C=O) groups is 2. The second-order valence-electron chi connectivity index (χ2n) is 6.83. The minimum Gasteiger partial charge on any atom is -0.480 e. The Kier molecular flexibility index (Phi) is 4.39. The van der Waals surface area contributed by atoms with Crippen LogP contribution in [-0.2, 0) is 29.0 Å². The summed E-state index contributed by atoms with van der Waals surface area (Å²) in [6.07, 6.45) is 1.73. The predicted molar refractivity (Wildman–Crippen MR) is 100 cm³/mol. The maximum absolute atomic E-state index is 13.8.